The molecular weight excluding hydrogens is 354 g/mol. The standard InChI is InChI=1S/C18H15N3O4S/c1-2-25-15-9-5-12(6-10-15)16-11-26-18(19-16)20-17(22)13-3-7-14(8-4-13)21(23)24/h3-11H,2H2,1H3,(H,19,20,22). The van der Waals surface area contributed by atoms with Gasteiger partial charge in [-0.2, -0.15) is 0 Å². The van der Waals surface area contributed by atoms with Crippen molar-refractivity contribution >= 4 is 28.1 Å². The molecule has 8 heteroatoms. The van der Waals surface area contributed by atoms with Crippen LogP contribution in [0.25, 0.3) is 11.3 Å². The topological polar surface area (TPSA) is 94.4 Å². The molecule has 0 spiro atoms. The van der Waals surface area contributed by atoms with Crippen LogP contribution in [-0.4, -0.2) is 22.4 Å². The molecule has 0 radical (unpaired) electrons. The fourth-order valence-electron chi connectivity index (χ4n) is 2.26. The second kappa shape index (κ2) is 7.75. The van der Waals surface area contributed by atoms with Gasteiger partial charge in [-0.05, 0) is 43.3 Å². The first-order valence-corrected chi connectivity index (χ1v) is 8.69. The average molecular weight is 369 g/mol. The van der Waals surface area contributed by atoms with Crippen molar-refractivity contribution in [3.05, 3.63) is 69.6 Å². The lowest BCUT2D eigenvalue weighted by Crippen LogP contribution is -2.11. The van der Waals surface area contributed by atoms with Gasteiger partial charge in [0.05, 0.1) is 17.2 Å². The molecular formula is C18H15N3O4S. The number of nitro benzene ring substituents is 1. The predicted molar refractivity (Wildman–Crippen MR) is 99.8 cm³/mol. The highest BCUT2D eigenvalue weighted by Crippen LogP contribution is 2.27. The van der Waals surface area contributed by atoms with Crippen LogP contribution >= 0.6 is 11.3 Å². The first-order valence-electron chi connectivity index (χ1n) is 7.81. The number of nitro groups is 1. The summed E-state index contributed by atoms with van der Waals surface area (Å²) in [6.45, 7) is 2.53. The molecule has 0 aliphatic carbocycles. The Labute approximate surface area is 153 Å². The van der Waals surface area contributed by atoms with E-state index >= 15 is 0 Å². The smallest absolute Gasteiger partial charge is 0.269 e. The Kier molecular flexibility index (Phi) is 5.23. The number of ether oxygens (including phenoxy) is 1. The molecule has 1 amide bonds. The highest BCUT2D eigenvalue weighted by atomic mass is 32.1. The Balaban J connectivity index is 1.69. The third-order valence-corrected chi connectivity index (χ3v) is 4.28. The summed E-state index contributed by atoms with van der Waals surface area (Å²) in [4.78, 5) is 26.8. The van der Waals surface area contributed by atoms with Crippen molar-refractivity contribution in [1.29, 1.82) is 0 Å². The van der Waals surface area contributed by atoms with Gasteiger partial charge in [-0.15, -0.1) is 11.3 Å². The SMILES string of the molecule is CCOc1ccc(-c2csc(NC(=O)c3ccc([N+](=O)[O-])cc3)n2)cc1. The van der Waals surface area contributed by atoms with Crippen LogP contribution in [0.2, 0.25) is 0 Å². The summed E-state index contributed by atoms with van der Waals surface area (Å²) < 4.78 is 5.41. The van der Waals surface area contributed by atoms with E-state index in [-0.39, 0.29) is 11.6 Å². The number of non-ortho nitro benzene ring substituents is 1. The number of hydrogen-bond donors (Lipinski definition) is 1. The van der Waals surface area contributed by atoms with E-state index in [0.29, 0.717) is 17.3 Å². The van der Waals surface area contributed by atoms with Crippen LogP contribution in [0, 0.1) is 10.1 Å². The molecule has 132 valence electrons. The van der Waals surface area contributed by atoms with E-state index < -0.39 is 4.92 Å². The Morgan fingerprint density at radius 2 is 1.88 bits per heavy atom. The van der Waals surface area contributed by atoms with Gasteiger partial charge >= 0.3 is 0 Å². The number of rotatable bonds is 6. The summed E-state index contributed by atoms with van der Waals surface area (Å²) in [6, 6.07) is 13.0. The van der Waals surface area contributed by atoms with E-state index in [1.165, 1.54) is 35.6 Å². The molecule has 26 heavy (non-hydrogen) atoms. The first-order chi connectivity index (χ1) is 12.6. The van der Waals surface area contributed by atoms with Crippen molar-refractivity contribution < 1.29 is 14.5 Å². The normalized spacial score (nSPS) is 10.3. The number of nitrogens with one attached hydrogen (secondary N) is 1. The fourth-order valence-corrected chi connectivity index (χ4v) is 2.97. The Morgan fingerprint density at radius 3 is 2.50 bits per heavy atom. The fraction of sp³-hybridized carbons (Fsp3) is 0.111. The summed E-state index contributed by atoms with van der Waals surface area (Å²) in [7, 11) is 0. The minimum Gasteiger partial charge on any atom is -0.494 e. The maximum absolute atomic E-state index is 12.2. The third kappa shape index (κ3) is 4.04. The summed E-state index contributed by atoms with van der Waals surface area (Å²) in [5, 5.41) is 15.7. The van der Waals surface area contributed by atoms with Gasteiger partial charge in [0.15, 0.2) is 5.13 Å². The molecule has 2 aromatic carbocycles. The molecule has 0 aliphatic heterocycles. The van der Waals surface area contributed by atoms with E-state index in [1.54, 1.807) is 0 Å². The molecule has 3 rings (SSSR count). The zero-order chi connectivity index (χ0) is 18.5. The molecule has 0 bridgehead atoms. The van der Waals surface area contributed by atoms with Crippen LogP contribution in [0.3, 0.4) is 0 Å². The van der Waals surface area contributed by atoms with Gasteiger partial charge in [-0.25, -0.2) is 4.98 Å². The number of hydrogen-bond acceptors (Lipinski definition) is 6. The summed E-state index contributed by atoms with van der Waals surface area (Å²) in [5.41, 5.74) is 1.93. The van der Waals surface area contributed by atoms with Crippen LogP contribution in [0.15, 0.2) is 53.9 Å². The van der Waals surface area contributed by atoms with E-state index in [9.17, 15) is 14.9 Å². The molecule has 1 aromatic heterocycles. The van der Waals surface area contributed by atoms with Crippen LogP contribution in [0.1, 0.15) is 17.3 Å². The number of carbonyl (C=O) groups is 1. The molecule has 0 fully saturated rings. The second-order valence-electron chi connectivity index (χ2n) is 5.25. The Morgan fingerprint density at radius 1 is 1.19 bits per heavy atom. The van der Waals surface area contributed by atoms with Gasteiger partial charge in [-0.3, -0.25) is 20.2 Å². The molecule has 0 saturated heterocycles. The van der Waals surface area contributed by atoms with Gasteiger partial charge in [0.2, 0.25) is 0 Å². The maximum Gasteiger partial charge on any atom is 0.269 e. The maximum atomic E-state index is 12.2. The van der Waals surface area contributed by atoms with Crippen LogP contribution in [0.5, 0.6) is 5.75 Å². The van der Waals surface area contributed by atoms with Crippen LogP contribution in [0.4, 0.5) is 10.8 Å². The molecule has 7 nitrogen and oxygen atoms in total. The van der Waals surface area contributed by atoms with Gasteiger partial charge in [0, 0.05) is 28.6 Å². The van der Waals surface area contributed by atoms with Crippen molar-refractivity contribution in [1.82, 2.24) is 4.98 Å². The van der Waals surface area contributed by atoms with Crippen molar-refractivity contribution in [2.45, 2.75) is 6.92 Å². The zero-order valence-electron chi connectivity index (χ0n) is 13.8. The lowest BCUT2D eigenvalue weighted by molar-refractivity contribution is -0.384. The number of nitrogens with zero attached hydrogens (tertiary/aromatic N) is 2. The average Bonchev–Trinajstić information content (AvgIpc) is 3.11. The first kappa shape index (κ1) is 17.6. The third-order valence-electron chi connectivity index (χ3n) is 3.53. The monoisotopic (exact) mass is 369 g/mol. The van der Waals surface area contributed by atoms with E-state index in [2.05, 4.69) is 10.3 Å². The van der Waals surface area contributed by atoms with Crippen molar-refractivity contribution in [3.8, 4) is 17.0 Å². The lowest BCUT2D eigenvalue weighted by atomic mass is 10.2. The molecule has 0 aliphatic rings. The molecule has 3 aromatic rings. The summed E-state index contributed by atoms with van der Waals surface area (Å²) >= 11 is 1.31. The molecule has 1 N–H and O–H groups in total. The molecule has 0 atom stereocenters. The van der Waals surface area contributed by atoms with Gasteiger partial charge < -0.3 is 4.74 Å². The molecule has 0 saturated carbocycles. The number of anilines is 1. The van der Waals surface area contributed by atoms with Gasteiger partial charge in [-0.1, -0.05) is 0 Å². The highest BCUT2D eigenvalue weighted by molar-refractivity contribution is 7.14. The van der Waals surface area contributed by atoms with Crippen molar-refractivity contribution in [3.63, 3.8) is 0 Å². The minimum absolute atomic E-state index is 0.0615. The lowest BCUT2D eigenvalue weighted by Gasteiger charge is -2.03. The van der Waals surface area contributed by atoms with Crippen LogP contribution < -0.4 is 10.1 Å². The number of thiazole rings is 1. The Bertz CT molecular complexity index is 920. The van der Waals surface area contributed by atoms with E-state index in [4.69, 9.17) is 4.74 Å². The highest BCUT2D eigenvalue weighted by Gasteiger charge is 2.12. The van der Waals surface area contributed by atoms with Gasteiger partial charge in [0.25, 0.3) is 11.6 Å². The number of amides is 1. The molecule has 0 unspecified atom stereocenters. The van der Waals surface area contributed by atoms with E-state index in [0.717, 1.165) is 17.0 Å². The number of aromatic nitrogens is 1. The minimum atomic E-state index is -0.508. The van der Waals surface area contributed by atoms with Gasteiger partial charge in [0.1, 0.15) is 5.75 Å². The second-order valence-corrected chi connectivity index (χ2v) is 6.11. The zero-order valence-corrected chi connectivity index (χ0v) is 14.7. The summed E-state index contributed by atoms with van der Waals surface area (Å²) in [6.07, 6.45) is 0. The van der Waals surface area contributed by atoms with E-state index in [1.807, 2.05) is 36.6 Å². The predicted octanol–water partition coefficient (Wildman–Crippen LogP) is 4.37. The summed E-state index contributed by atoms with van der Waals surface area (Å²) in [5.74, 6) is 0.422. The largest absolute Gasteiger partial charge is 0.494 e. The quantitative estimate of drug-likeness (QED) is 0.514. The number of carbonyl (C=O) groups excluding carboxylic acids is 1. The van der Waals surface area contributed by atoms with Crippen molar-refractivity contribution in [2.75, 3.05) is 11.9 Å². The van der Waals surface area contributed by atoms with Crippen LogP contribution in [-0.2, 0) is 0 Å². The Hall–Kier alpha value is -3.26. The van der Waals surface area contributed by atoms with Crippen molar-refractivity contribution in [2.24, 2.45) is 0 Å². The number of benzene rings is 2. The molecule has 1 heterocycles.